The molecular weight excluding hydrogens is 423 g/mol. The molecule has 1 N–H and O–H groups in total. The molecule has 0 radical (unpaired) electrons. The van der Waals surface area contributed by atoms with Gasteiger partial charge in [0.1, 0.15) is 23.2 Å². The van der Waals surface area contributed by atoms with E-state index in [0.717, 1.165) is 6.42 Å². The van der Waals surface area contributed by atoms with Crippen molar-refractivity contribution in [2.24, 2.45) is 0 Å². The zero-order valence-corrected chi connectivity index (χ0v) is 18.2. The number of carbonyl (C=O) groups is 1. The van der Waals surface area contributed by atoms with Crippen molar-refractivity contribution in [3.05, 3.63) is 58.6 Å². The molecule has 1 heterocycles. The lowest BCUT2D eigenvalue weighted by Gasteiger charge is -2.18. The largest absolute Gasteiger partial charge is 0.497 e. The quantitative estimate of drug-likeness (QED) is 0.505. The molecule has 0 bridgehead atoms. The fraction of sp³-hybridized carbons (Fsp3) is 0.304. The van der Waals surface area contributed by atoms with Gasteiger partial charge in [-0.1, -0.05) is 19.1 Å². The third-order valence-corrected chi connectivity index (χ3v) is 5.04. The number of fused-ring (bicyclic) bond motifs is 1. The second kappa shape index (κ2) is 10.3. The molecule has 0 saturated carbocycles. The Morgan fingerprint density at radius 2 is 1.94 bits per heavy atom. The molecule has 0 atom stereocenters. The van der Waals surface area contributed by atoms with Crippen LogP contribution in [0.4, 0.5) is 4.39 Å². The number of methoxy groups -OCH3 is 1. The fourth-order valence-corrected chi connectivity index (χ4v) is 3.40. The number of nitrogens with one attached hydrogen (secondary N) is 1. The first kappa shape index (κ1) is 22.6. The van der Waals surface area contributed by atoms with Crippen LogP contribution in [-0.2, 0) is 11.3 Å². The summed E-state index contributed by atoms with van der Waals surface area (Å²) in [6.45, 7) is 2.95. The monoisotopic (exact) mass is 446 g/mol. The van der Waals surface area contributed by atoms with Crippen molar-refractivity contribution in [2.75, 3.05) is 26.1 Å². The number of hydrogen-bond acceptors (Lipinski definition) is 4. The Balaban J connectivity index is 2.19. The van der Waals surface area contributed by atoms with Crippen LogP contribution in [0.5, 0.6) is 11.5 Å². The van der Waals surface area contributed by atoms with Gasteiger partial charge >= 0.3 is 0 Å². The van der Waals surface area contributed by atoms with Crippen molar-refractivity contribution < 1.29 is 18.7 Å². The Hall–Kier alpha value is -3.06. The van der Waals surface area contributed by atoms with Gasteiger partial charge in [0.2, 0.25) is 5.91 Å². The summed E-state index contributed by atoms with van der Waals surface area (Å²) >= 11 is 5.54. The van der Waals surface area contributed by atoms with Crippen molar-refractivity contribution in [2.45, 2.75) is 19.9 Å². The molecule has 0 aliphatic carbocycles. The van der Waals surface area contributed by atoms with Crippen molar-refractivity contribution in [3.63, 3.8) is 0 Å². The zero-order valence-electron chi connectivity index (χ0n) is 17.4. The Labute approximate surface area is 184 Å². The minimum absolute atomic E-state index is 0.0504. The highest BCUT2D eigenvalue weighted by molar-refractivity contribution is 6.27. The Morgan fingerprint density at radius 3 is 2.58 bits per heavy atom. The summed E-state index contributed by atoms with van der Waals surface area (Å²) in [7, 11) is 1.56. The van der Waals surface area contributed by atoms with E-state index in [-0.39, 0.29) is 23.7 Å². The molecule has 0 unspecified atom stereocenters. The molecule has 0 spiro atoms. The van der Waals surface area contributed by atoms with E-state index in [2.05, 4.69) is 5.32 Å². The number of hydrogen-bond donors (Lipinski definition) is 1. The van der Waals surface area contributed by atoms with Crippen LogP contribution < -0.4 is 20.2 Å². The van der Waals surface area contributed by atoms with Gasteiger partial charge in [0.25, 0.3) is 0 Å². The number of rotatable bonds is 9. The lowest BCUT2D eigenvalue weighted by molar-refractivity contribution is -0.118. The van der Waals surface area contributed by atoms with Crippen LogP contribution in [0.2, 0.25) is 0 Å². The lowest BCUT2D eigenvalue weighted by Crippen LogP contribution is -2.28. The smallest absolute Gasteiger partial charge is 0.234 e. The van der Waals surface area contributed by atoms with Crippen molar-refractivity contribution >= 4 is 28.4 Å². The highest BCUT2D eigenvalue weighted by Crippen LogP contribution is 2.29. The second-order valence-electron chi connectivity index (χ2n) is 6.89. The van der Waals surface area contributed by atoms with Crippen molar-refractivity contribution in [1.29, 1.82) is 0 Å². The van der Waals surface area contributed by atoms with Crippen LogP contribution >= 0.6 is 11.6 Å². The highest BCUT2D eigenvalue weighted by Gasteiger charge is 2.18. The first-order valence-corrected chi connectivity index (χ1v) is 10.5. The van der Waals surface area contributed by atoms with Crippen LogP contribution in [0.15, 0.2) is 47.4 Å². The van der Waals surface area contributed by atoms with Gasteiger partial charge in [-0.05, 0) is 36.2 Å². The van der Waals surface area contributed by atoms with E-state index in [9.17, 15) is 14.0 Å². The zero-order chi connectivity index (χ0) is 22.4. The number of halogens is 2. The SMILES string of the molecule is CCCOc1ccc(F)c2c(=O)c(-c3ccc(OC)cc3)cn(CCNC(=O)CCl)c12. The van der Waals surface area contributed by atoms with E-state index in [0.29, 0.717) is 41.3 Å². The molecule has 3 aromatic rings. The first-order chi connectivity index (χ1) is 15.0. The van der Waals surface area contributed by atoms with E-state index in [1.807, 2.05) is 6.92 Å². The van der Waals surface area contributed by atoms with E-state index in [1.165, 1.54) is 12.1 Å². The van der Waals surface area contributed by atoms with Gasteiger partial charge in [-0.3, -0.25) is 9.59 Å². The van der Waals surface area contributed by atoms with Crippen LogP contribution in [0.25, 0.3) is 22.0 Å². The number of aromatic nitrogens is 1. The predicted octanol–water partition coefficient (Wildman–Crippen LogP) is 3.96. The van der Waals surface area contributed by atoms with Crippen molar-refractivity contribution in [1.82, 2.24) is 9.88 Å². The standard InChI is InChI=1S/C23H24ClFN2O4/c1-3-12-31-19-9-8-18(25)21-22(19)27(11-10-26-20(28)13-24)14-17(23(21)29)15-4-6-16(30-2)7-5-15/h4-9,14H,3,10-13H2,1-2H3,(H,26,28). The van der Waals surface area contributed by atoms with E-state index >= 15 is 0 Å². The summed E-state index contributed by atoms with van der Waals surface area (Å²) in [5, 5.41) is 2.64. The molecule has 1 amide bonds. The molecule has 1 aromatic heterocycles. The van der Waals surface area contributed by atoms with Gasteiger partial charge in [-0.2, -0.15) is 0 Å². The highest BCUT2D eigenvalue weighted by atomic mass is 35.5. The molecule has 2 aromatic carbocycles. The van der Waals surface area contributed by atoms with Crippen LogP contribution in [-0.4, -0.2) is 36.6 Å². The normalized spacial score (nSPS) is 10.8. The van der Waals surface area contributed by atoms with Crippen LogP contribution in [0.3, 0.4) is 0 Å². The minimum Gasteiger partial charge on any atom is -0.497 e. The molecule has 8 heteroatoms. The molecule has 0 saturated heterocycles. The maximum Gasteiger partial charge on any atom is 0.234 e. The number of benzene rings is 2. The molecule has 31 heavy (non-hydrogen) atoms. The number of pyridine rings is 1. The maximum atomic E-state index is 14.9. The number of carbonyl (C=O) groups excluding carboxylic acids is 1. The third kappa shape index (κ3) is 4.99. The predicted molar refractivity (Wildman–Crippen MR) is 120 cm³/mol. The molecule has 3 rings (SSSR count). The van der Waals surface area contributed by atoms with Gasteiger partial charge in [-0.25, -0.2) is 4.39 Å². The fourth-order valence-electron chi connectivity index (χ4n) is 3.31. The summed E-state index contributed by atoms with van der Waals surface area (Å²) in [5.41, 5.74) is 0.896. The second-order valence-corrected chi connectivity index (χ2v) is 7.16. The van der Waals surface area contributed by atoms with E-state index in [1.54, 1.807) is 42.1 Å². The molecule has 0 aliphatic rings. The van der Waals surface area contributed by atoms with Crippen LogP contribution in [0, 0.1) is 5.82 Å². The van der Waals surface area contributed by atoms with Gasteiger partial charge in [0, 0.05) is 24.8 Å². The van der Waals surface area contributed by atoms with E-state index < -0.39 is 11.2 Å². The number of alkyl halides is 1. The number of amides is 1. The average Bonchev–Trinajstić information content (AvgIpc) is 2.79. The summed E-state index contributed by atoms with van der Waals surface area (Å²) in [5.74, 6) is -0.0224. The van der Waals surface area contributed by atoms with Gasteiger partial charge < -0.3 is 19.4 Å². The summed E-state index contributed by atoms with van der Waals surface area (Å²) < 4.78 is 27.6. The third-order valence-electron chi connectivity index (χ3n) is 4.79. The molecule has 0 fully saturated rings. The average molecular weight is 447 g/mol. The Bertz CT molecular complexity index is 1130. The summed E-state index contributed by atoms with van der Waals surface area (Å²) in [6.07, 6.45) is 2.43. The number of ether oxygens (including phenoxy) is 2. The summed E-state index contributed by atoms with van der Waals surface area (Å²) in [6, 6.07) is 9.73. The molecular formula is C23H24ClFN2O4. The van der Waals surface area contributed by atoms with Crippen molar-refractivity contribution in [3.8, 4) is 22.6 Å². The molecule has 164 valence electrons. The van der Waals surface area contributed by atoms with E-state index in [4.69, 9.17) is 21.1 Å². The van der Waals surface area contributed by atoms with Gasteiger partial charge in [-0.15, -0.1) is 11.6 Å². The first-order valence-electron chi connectivity index (χ1n) is 9.95. The number of nitrogens with zero attached hydrogens (tertiary/aromatic N) is 1. The molecule has 0 aliphatic heterocycles. The maximum absolute atomic E-state index is 14.9. The van der Waals surface area contributed by atoms with Crippen LogP contribution in [0.1, 0.15) is 13.3 Å². The van der Waals surface area contributed by atoms with Gasteiger partial charge in [0.05, 0.1) is 24.6 Å². The Kier molecular flexibility index (Phi) is 7.52. The summed E-state index contributed by atoms with van der Waals surface area (Å²) in [4.78, 5) is 24.8. The Morgan fingerprint density at radius 1 is 1.19 bits per heavy atom. The topological polar surface area (TPSA) is 69.6 Å². The minimum atomic E-state index is -0.627. The van der Waals surface area contributed by atoms with Gasteiger partial charge in [0.15, 0.2) is 5.43 Å². The lowest BCUT2D eigenvalue weighted by atomic mass is 10.0. The molecule has 6 nitrogen and oxygen atoms in total.